The van der Waals surface area contributed by atoms with Crippen molar-refractivity contribution in [2.45, 2.75) is 20.3 Å². The Morgan fingerprint density at radius 2 is 1.70 bits per heavy atom. The van der Waals surface area contributed by atoms with E-state index in [-0.39, 0.29) is 5.91 Å². The normalized spacial score (nSPS) is 12.6. The van der Waals surface area contributed by atoms with Crippen LogP contribution in [0.5, 0.6) is 0 Å². The highest BCUT2D eigenvalue weighted by Crippen LogP contribution is 2.36. The fourth-order valence-electron chi connectivity index (χ4n) is 2.62. The molecule has 1 aliphatic rings. The Morgan fingerprint density at radius 1 is 1.00 bits per heavy atom. The van der Waals surface area contributed by atoms with Crippen molar-refractivity contribution in [2.24, 2.45) is 0 Å². The quantitative estimate of drug-likeness (QED) is 0.746. The van der Waals surface area contributed by atoms with Gasteiger partial charge in [-0.3, -0.25) is 9.69 Å². The fraction of sp³-hybridized carbons (Fsp3) is 0.167. The molecule has 0 saturated heterocycles. The average Bonchev–Trinajstić information content (AvgIpc) is 2.62. The first kappa shape index (κ1) is 12.7. The minimum absolute atomic E-state index is 0.0376. The molecule has 0 spiro atoms. The smallest absolute Gasteiger partial charge is 0.228 e. The lowest BCUT2D eigenvalue weighted by molar-refractivity contribution is -0.115. The zero-order chi connectivity index (χ0) is 14.1. The summed E-state index contributed by atoms with van der Waals surface area (Å²) in [6.07, 6.45) is 5.11. The average molecular weight is 263 g/mol. The van der Waals surface area contributed by atoms with Crippen LogP contribution in [0.3, 0.4) is 0 Å². The third-order valence-electron chi connectivity index (χ3n) is 3.68. The van der Waals surface area contributed by atoms with Crippen LogP contribution in [0.25, 0.3) is 12.2 Å². The van der Waals surface area contributed by atoms with Crippen LogP contribution in [-0.4, -0.2) is 5.91 Å². The van der Waals surface area contributed by atoms with Crippen molar-refractivity contribution in [3.05, 3.63) is 59.2 Å². The molecule has 0 bridgehead atoms. The van der Waals surface area contributed by atoms with E-state index in [2.05, 4.69) is 37.3 Å². The summed E-state index contributed by atoms with van der Waals surface area (Å²) in [7, 11) is 0. The number of anilines is 2. The minimum atomic E-state index is 0.0376. The van der Waals surface area contributed by atoms with Gasteiger partial charge in [0.25, 0.3) is 0 Å². The Balaban J connectivity index is 2.27. The van der Waals surface area contributed by atoms with Gasteiger partial charge in [-0.05, 0) is 35.2 Å². The van der Waals surface area contributed by atoms with Crippen molar-refractivity contribution in [1.29, 1.82) is 0 Å². The van der Waals surface area contributed by atoms with Gasteiger partial charge in [-0.1, -0.05) is 49.4 Å². The van der Waals surface area contributed by atoms with E-state index in [0.717, 1.165) is 28.9 Å². The maximum atomic E-state index is 12.2. The molecule has 2 heteroatoms. The first-order valence-corrected chi connectivity index (χ1v) is 6.91. The zero-order valence-electron chi connectivity index (χ0n) is 11.8. The summed E-state index contributed by atoms with van der Waals surface area (Å²) in [6.45, 7) is 3.74. The van der Waals surface area contributed by atoms with Gasteiger partial charge >= 0.3 is 0 Å². The van der Waals surface area contributed by atoms with Crippen LogP contribution in [0.2, 0.25) is 0 Å². The Bertz CT molecular complexity index is 700. The molecule has 20 heavy (non-hydrogen) atoms. The molecule has 2 aromatic carbocycles. The van der Waals surface area contributed by atoms with E-state index < -0.39 is 0 Å². The number of nitrogens with zero attached hydrogens (tertiary/aromatic N) is 1. The van der Waals surface area contributed by atoms with Gasteiger partial charge in [-0.2, -0.15) is 0 Å². The lowest BCUT2D eigenvalue weighted by atomic mass is 10.1. The number of rotatable bonds is 1. The highest BCUT2D eigenvalue weighted by atomic mass is 16.2. The summed E-state index contributed by atoms with van der Waals surface area (Å²) < 4.78 is 0. The monoisotopic (exact) mass is 263 g/mol. The molecule has 0 aromatic heterocycles. The van der Waals surface area contributed by atoms with E-state index in [1.807, 2.05) is 29.2 Å². The molecule has 0 unspecified atom stereocenters. The molecule has 0 N–H and O–H groups in total. The summed E-state index contributed by atoms with van der Waals surface area (Å²) >= 11 is 0. The van der Waals surface area contributed by atoms with Crippen molar-refractivity contribution in [2.75, 3.05) is 4.90 Å². The molecule has 2 aromatic rings. The van der Waals surface area contributed by atoms with Gasteiger partial charge in [-0.25, -0.2) is 0 Å². The molecule has 0 atom stereocenters. The van der Waals surface area contributed by atoms with Gasteiger partial charge in [0.05, 0.1) is 11.4 Å². The van der Waals surface area contributed by atoms with E-state index in [1.54, 1.807) is 6.92 Å². The summed E-state index contributed by atoms with van der Waals surface area (Å²) in [5.74, 6) is 0.0376. The molecular weight excluding hydrogens is 246 g/mol. The van der Waals surface area contributed by atoms with E-state index in [9.17, 15) is 4.79 Å². The summed E-state index contributed by atoms with van der Waals surface area (Å²) in [6, 6.07) is 14.3. The van der Waals surface area contributed by atoms with Gasteiger partial charge in [-0.15, -0.1) is 0 Å². The standard InChI is InChI=1S/C18H17NO/c1-3-14-8-9-16-11-10-15-6-4-5-7-17(15)19(13(2)20)18(16)12-14/h4-12H,3H2,1-2H3. The van der Waals surface area contributed by atoms with Gasteiger partial charge in [0.1, 0.15) is 0 Å². The lowest BCUT2D eigenvalue weighted by Gasteiger charge is -2.24. The molecule has 1 amide bonds. The molecule has 0 aliphatic carbocycles. The molecule has 0 fully saturated rings. The SMILES string of the molecule is CCc1ccc2c(c1)N(C(C)=O)c1ccccc1C=C2. The number of benzene rings is 2. The minimum Gasteiger partial charge on any atom is -0.280 e. The molecule has 0 radical (unpaired) electrons. The Kier molecular flexibility index (Phi) is 3.15. The van der Waals surface area contributed by atoms with Gasteiger partial charge < -0.3 is 0 Å². The molecule has 1 heterocycles. The maximum Gasteiger partial charge on any atom is 0.228 e. The third kappa shape index (κ3) is 2.03. The topological polar surface area (TPSA) is 20.3 Å². The Labute approximate surface area is 119 Å². The number of para-hydroxylation sites is 1. The number of carbonyl (C=O) groups is 1. The van der Waals surface area contributed by atoms with Crippen LogP contribution in [0.4, 0.5) is 11.4 Å². The number of fused-ring (bicyclic) bond motifs is 2. The first-order chi connectivity index (χ1) is 9.70. The summed E-state index contributed by atoms with van der Waals surface area (Å²) in [5, 5.41) is 0. The van der Waals surface area contributed by atoms with E-state index in [0.29, 0.717) is 0 Å². The predicted molar refractivity (Wildman–Crippen MR) is 84.0 cm³/mol. The molecule has 1 aliphatic heterocycles. The highest BCUT2D eigenvalue weighted by Gasteiger charge is 2.21. The molecule has 3 rings (SSSR count). The number of hydrogen-bond donors (Lipinski definition) is 0. The van der Waals surface area contributed by atoms with Crippen molar-refractivity contribution in [1.82, 2.24) is 0 Å². The van der Waals surface area contributed by atoms with Crippen LogP contribution in [0.15, 0.2) is 42.5 Å². The molecule has 100 valence electrons. The fourth-order valence-corrected chi connectivity index (χ4v) is 2.62. The third-order valence-corrected chi connectivity index (χ3v) is 3.68. The van der Waals surface area contributed by atoms with Gasteiger partial charge in [0.15, 0.2) is 0 Å². The van der Waals surface area contributed by atoms with Gasteiger partial charge in [0.2, 0.25) is 5.91 Å². The van der Waals surface area contributed by atoms with Crippen molar-refractivity contribution in [3.63, 3.8) is 0 Å². The Hall–Kier alpha value is -2.35. The zero-order valence-corrected chi connectivity index (χ0v) is 11.8. The highest BCUT2D eigenvalue weighted by molar-refractivity contribution is 6.05. The number of hydrogen-bond acceptors (Lipinski definition) is 1. The maximum absolute atomic E-state index is 12.2. The second kappa shape index (κ2) is 4.97. The van der Waals surface area contributed by atoms with Crippen LogP contribution >= 0.6 is 0 Å². The molecule has 2 nitrogen and oxygen atoms in total. The number of aryl methyl sites for hydroxylation is 1. The second-order valence-electron chi connectivity index (χ2n) is 4.99. The first-order valence-electron chi connectivity index (χ1n) is 6.91. The van der Waals surface area contributed by atoms with E-state index in [4.69, 9.17) is 0 Å². The van der Waals surface area contributed by atoms with Crippen LogP contribution in [0, 0.1) is 0 Å². The van der Waals surface area contributed by atoms with Crippen molar-refractivity contribution >= 4 is 29.4 Å². The van der Waals surface area contributed by atoms with Gasteiger partial charge in [0, 0.05) is 6.92 Å². The summed E-state index contributed by atoms with van der Waals surface area (Å²) in [4.78, 5) is 14.0. The van der Waals surface area contributed by atoms with Crippen LogP contribution in [-0.2, 0) is 11.2 Å². The Morgan fingerprint density at radius 3 is 2.40 bits per heavy atom. The van der Waals surface area contributed by atoms with Crippen LogP contribution in [0.1, 0.15) is 30.5 Å². The van der Waals surface area contributed by atoms with E-state index in [1.165, 1.54) is 5.56 Å². The second-order valence-corrected chi connectivity index (χ2v) is 4.99. The number of carbonyl (C=O) groups excluding carboxylic acids is 1. The summed E-state index contributed by atoms with van der Waals surface area (Å²) in [5.41, 5.74) is 5.30. The van der Waals surface area contributed by atoms with E-state index >= 15 is 0 Å². The molecular formula is C18H17NO. The largest absolute Gasteiger partial charge is 0.280 e. The predicted octanol–water partition coefficient (Wildman–Crippen LogP) is 4.42. The van der Waals surface area contributed by atoms with Crippen LogP contribution < -0.4 is 4.90 Å². The van der Waals surface area contributed by atoms with Crippen molar-refractivity contribution in [3.8, 4) is 0 Å². The lowest BCUT2D eigenvalue weighted by Crippen LogP contribution is -2.23. The number of amides is 1. The van der Waals surface area contributed by atoms with Crippen molar-refractivity contribution < 1.29 is 4.79 Å². The molecule has 0 saturated carbocycles.